The Morgan fingerprint density at radius 2 is 2.00 bits per heavy atom. The molecule has 1 heterocycles. The molecule has 0 bridgehead atoms. The van der Waals surface area contributed by atoms with E-state index in [1.54, 1.807) is 12.1 Å². The van der Waals surface area contributed by atoms with Crippen molar-refractivity contribution in [3.05, 3.63) is 57.2 Å². The van der Waals surface area contributed by atoms with Gasteiger partial charge in [0, 0.05) is 18.0 Å². The smallest absolute Gasteiger partial charge is 0.261 e. The van der Waals surface area contributed by atoms with Crippen LogP contribution in [-0.4, -0.2) is 18.4 Å². The lowest BCUT2D eigenvalue weighted by Gasteiger charge is -2.15. The Bertz CT molecular complexity index is 643. The molecule has 4 nitrogen and oxygen atoms in total. The summed E-state index contributed by atoms with van der Waals surface area (Å²) < 4.78 is 0. The van der Waals surface area contributed by atoms with Gasteiger partial charge in [0.15, 0.2) is 0 Å². The number of thiophene rings is 1. The molecule has 0 aliphatic rings. The monoisotopic (exact) mass is 336 g/mol. The molecule has 1 unspecified atom stereocenters. The standard InChI is InChI=1S/C16H17ClN2O2S/c1-11(12-5-2-3-6-13(12)17)19-15(20)8-9-18-16(21)14-7-4-10-22-14/h2-7,10-11H,8-9H2,1H3,(H,18,21)(H,19,20). The number of halogens is 1. The van der Waals surface area contributed by atoms with Gasteiger partial charge >= 0.3 is 0 Å². The fourth-order valence-electron chi connectivity index (χ4n) is 2.00. The summed E-state index contributed by atoms with van der Waals surface area (Å²) in [6, 6.07) is 10.8. The van der Waals surface area contributed by atoms with Crippen LogP contribution >= 0.6 is 22.9 Å². The molecule has 2 rings (SSSR count). The summed E-state index contributed by atoms with van der Waals surface area (Å²) in [4.78, 5) is 24.3. The number of hydrogen-bond acceptors (Lipinski definition) is 3. The second kappa shape index (κ2) is 7.96. The van der Waals surface area contributed by atoms with Gasteiger partial charge in [-0.1, -0.05) is 35.9 Å². The topological polar surface area (TPSA) is 58.2 Å². The SMILES string of the molecule is CC(NC(=O)CCNC(=O)c1cccs1)c1ccccc1Cl. The highest BCUT2D eigenvalue weighted by atomic mass is 35.5. The Labute approximate surface area is 138 Å². The molecule has 1 aromatic heterocycles. The second-order valence-electron chi connectivity index (χ2n) is 4.79. The van der Waals surface area contributed by atoms with Crippen LogP contribution < -0.4 is 10.6 Å². The van der Waals surface area contributed by atoms with Gasteiger partial charge in [-0.3, -0.25) is 9.59 Å². The van der Waals surface area contributed by atoms with Crippen molar-refractivity contribution in [3.8, 4) is 0 Å². The van der Waals surface area contributed by atoms with Crippen LogP contribution in [0, 0.1) is 0 Å². The maximum Gasteiger partial charge on any atom is 0.261 e. The van der Waals surface area contributed by atoms with E-state index in [4.69, 9.17) is 11.6 Å². The molecule has 6 heteroatoms. The van der Waals surface area contributed by atoms with E-state index < -0.39 is 0 Å². The normalized spacial score (nSPS) is 11.7. The quantitative estimate of drug-likeness (QED) is 0.849. The molecule has 0 saturated heterocycles. The first-order valence-electron chi connectivity index (χ1n) is 6.93. The molecule has 0 radical (unpaired) electrons. The second-order valence-corrected chi connectivity index (χ2v) is 6.15. The zero-order chi connectivity index (χ0) is 15.9. The summed E-state index contributed by atoms with van der Waals surface area (Å²) in [5.41, 5.74) is 0.875. The van der Waals surface area contributed by atoms with E-state index in [1.807, 2.05) is 36.6 Å². The van der Waals surface area contributed by atoms with Crippen molar-refractivity contribution in [2.45, 2.75) is 19.4 Å². The van der Waals surface area contributed by atoms with Crippen LogP contribution in [0.5, 0.6) is 0 Å². The summed E-state index contributed by atoms with van der Waals surface area (Å²) in [5, 5.41) is 8.06. The summed E-state index contributed by atoms with van der Waals surface area (Å²) >= 11 is 7.47. The van der Waals surface area contributed by atoms with Crippen LogP contribution in [0.1, 0.15) is 34.6 Å². The Kier molecular flexibility index (Phi) is 5.98. The highest BCUT2D eigenvalue weighted by Gasteiger charge is 2.12. The van der Waals surface area contributed by atoms with E-state index in [9.17, 15) is 9.59 Å². The molecule has 1 aromatic carbocycles. The lowest BCUT2D eigenvalue weighted by molar-refractivity contribution is -0.121. The van der Waals surface area contributed by atoms with Crippen molar-refractivity contribution >= 4 is 34.8 Å². The summed E-state index contributed by atoms with van der Waals surface area (Å²) in [7, 11) is 0. The van der Waals surface area contributed by atoms with E-state index in [0.717, 1.165) is 5.56 Å². The van der Waals surface area contributed by atoms with Gasteiger partial charge in [-0.15, -0.1) is 11.3 Å². The van der Waals surface area contributed by atoms with E-state index in [1.165, 1.54) is 11.3 Å². The first kappa shape index (κ1) is 16.5. The minimum absolute atomic E-state index is 0.126. The van der Waals surface area contributed by atoms with Gasteiger partial charge in [0.25, 0.3) is 5.91 Å². The van der Waals surface area contributed by atoms with Crippen LogP contribution in [0.4, 0.5) is 0 Å². The van der Waals surface area contributed by atoms with Gasteiger partial charge in [0.05, 0.1) is 10.9 Å². The fraction of sp³-hybridized carbons (Fsp3) is 0.250. The number of benzene rings is 1. The van der Waals surface area contributed by atoms with Crippen molar-refractivity contribution in [1.82, 2.24) is 10.6 Å². The van der Waals surface area contributed by atoms with Gasteiger partial charge in [0.2, 0.25) is 5.91 Å². The van der Waals surface area contributed by atoms with Gasteiger partial charge in [-0.05, 0) is 30.0 Å². The van der Waals surface area contributed by atoms with Gasteiger partial charge in [0.1, 0.15) is 0 Å². The van der Waals surface area contributed by atoms with E-state index >= 15 is 0 Å². The predicted octanol–water partition coefficient (Wildman–Crippen LogP) is 3.40. The zero-order valence-electron chi connectivity index (χ0n) is 12.1. The molecule has 2 aromatic rings. The molecule has 2 amide bonds. The van der Waals surface area contributed by atoms with Gasteiger partial charge in [-0.25, -0.2) is 0 Å². The lowest BCUT2D eigenvalue weighted by atomic mass is 10.1. The number of rotatable bonds is 6. The highest BCUT2D eigenvalue weighted by Crippen LogP contribution is 2.22. The third-order valence-corrected chi connectivity index (χ3v) is 4.34. The van der Waals surface area contributed by atoms with Crippen molar-refractivity contribution < 1.29 is 9.59 Å². The maximum atomic E-state index is 11.9. The molecule has 0 aliphatic carbocycles. The number of amides is 2. The molecule has 2 N–H and O–H groups in total. The Morgan fingerprint density at radius 1 is 1.23 bits per heavy atom. The Hall–Kier alpha value is -1.85. The average Bonchev–Trinajstić information content (AvgIpc) is 3.01. The molecule has 0 fully saturated rings. The van der Waals surface area contributed by atoms with Gasteiger partial charge < -0.3 is 10.6 Å². The van der Waals surface area contributed by atoms with Crippen molar-refractivity contribution in [3.63, 3.8) is 0 Å². The molecule has 22 heavy (non-hydrogen) atoms. The molecular formula is C16H17ClN2O2S. The first-order valence-corrected chi connectivity index (χ1v) is 8.19. The number of nitrogens with one attached hydrogen (secondary N) is 2. The maximum absolute atomic E-state index is 11.9. The van der Waals surface area contributed by atoms with Crippen LogP contribution in [0.15, 0.2) is 41.8 Å². The molecule has 0 aliphatic heterocycles. The van der Waals surface area contributed by atoms with Crippen molar-refractivity contribution in [2.24, 2.45) is 0 Å². The molecular weight excluding hydrogens is 320 g/mol. The number of carbonyl (C=O) groups excluding carboxylic acids is 2. The number of hydrogen-bond donors (Lipinski definition) is 2. The van der Waals surface area contributed by atoms with Crippen LogP contribution in [0.3, 0.4) is 0 Å². The molecule has 1 atom stereocenters. The third-order valence-electron chi connectivity index (χ3n) is 3.13. The number of carbonyl (C=O) groups is 2. The van der Waals surface area contributed by atoms with E-state index in [-0.39, 0.29) is 24.3 Å². The minimum atomic E-state index is -0.172. The summed E-state index contributed by atoms with van der Waals surface area (Å²) in [6.45, 7) is 2.18. The van der Waals surface area contributed by atoms with E-state index in [0.29, 0.717) is 16.4 Å². The van der Waals surface area contributed by atoms with E-state index in [2.05, 4.69) is 10.6 Å². The van der Waals surface area contributed by atoms with Crippen LogP contribution in [0.2, 0.25) is 5.02 Å². The summed E-state index contributed by atoms with van der Waals surface area (Å²) in [6.07, 6.45) is 0.228. The summed E-state index contributed by atoms with van der Waals surface area (Å²) in [5.74, 6) is -0.277. The third kappa shape index (κ3) is 4.58. The van der Waals surface area contributed by atoms with Crippen LogP contribution in [-0.2, 0) is 4.79 Å². The fourth-order valence-corrected chi connectivity index (χ4v) is 2.94. The predicted molar refractivity (Wildman–Crippen MR) is 89.3 cm³/mol. The van der Waals surface area contributed by atoms with Crippen molar-refractivity contribution in [1.29, 1.82) is 0 Å². The molecule has 0 saturated carbocycles. The first-order chi connectivity index (χ1) is 10.6. The molecule has 116 valence electrons. The Morgan fingerprint density at radius 3 is 2.68 bits per heavy atom. The van der Waals surface area contributed by atoms with Gasteiger partial charge in [-0.2, -0.15) is 0 Å². The zero-order valence-corrected chi connectivity index (χ0v) is 13.7. The minimum Gasteiger partial charge on any atom is -0.351 e. The lowest BCUT2D eigenvalue weighted by Crippen LogP contribution is -2.31. The molecule has 0 spiro atoms. The highest BCUT2D eigenvalue weighted by molar-refractivity contribution is 7.12. The Balaban J connectivity index is 1.76. The largest absolute Gasteiger partial charge is 0.351 e. The average molecular weight is 337 g/mol. The van der Waals surface area contributed by atoms with Crippen LogP contribution in [0.25, 0.3) is 0 Å². The van der Waals surface area contributed by atoms with Crippen molar-refractivity contribution in [2.75, 3.05) is 6.54 Å².